The summed E-state index contributed by atoms with van der Waals surface area (Å²) in [6.45, 7) is 7.25. The Morgan fingerprint density at radius 1 is 1.29 bits per heavy atom. The number of benzene rings is 1. The molecule has 0 saturated carbocycles. The van der Waals surface area contributed by atoms with Crippen LogP contribution in [-0.4, -0.2) is 18.8 Å². The van der Waals surface area contributed by atoms with E-state index < -0.39 is 0 Å². The average molecular weight is 277 g/mol. The highest BCUT2D eigenvalue weighted by atomic mass is 35.5. The lowest BCUT2D eigenvalue weighted by molar-refractivity contribution is 0.000704. The fourth-order valence-corrected chi connectivity index (χ4v) is 2.14. The minimum Gasteiger partial charge on any atom is -0.399 e. The summed E-state index contributed by atoms with van der Waals surface area (Å²) in [6, 6.07) is 3.34. The number of nitrogens with one attached hydrogen (secondary N) is 1. The fraction of sp³-hybridized carbons (Fsp3) is 0.500. The molecule has 3 N–H and O–H groups in total. The molecule has 0 spiro atoms. The van der Waals surface area contributed by atoms with Crippen LogP contribution in [0.4, 0.5) is 11.4 Å². The largest absolute Gasteiger partial charge is 0.399 e. The van der Waals surface area contributed by atoms with E-state index in [0.717, 1.165) is 0 Å². The molecule has 1 rings (SSSR count). The molecule has 0 saturated heterocycles. The predicted octanol–water partition coefficient (Wildman–Crippen LogP) is 3.80. The van der Waals surface area contributed by atoms with Crippen molar-refractivity contribution < 1.29 is 4.74 Å². The maximum atomic E-state index is 6.07. The molecule has 1 aromatic rings. The normalized spacial score (nSPS) is 11.6. The van der Waals surface area contributed by atoms with Crippen molar-refractivity contribution in [3.8, 4) is 0 Å². The van der Waals surface area contributed by atoms with Gasteiger partial charge in [-0.2, -0.15) is 0 Å². The van der Waals surface area contributed by atoms with Crippen LogP contribution in [0.1, 0.15) is 20.8 Å². The van der Waals surface area contributed by atoms with Gasteiger partial charge in [0.1, 0.15) is 0 Å². The zero-order chi connectivity index (χ0) is 13.1. The summed E-state index contributed by atoms with van der Waals surface area (Å²) in [6.07, 6.45) is 0. The third-order valence-corrected chi connectivity index (χ3v) is 2.89. The van der Waals surface area contributed by atoms with Gasteiger partial charge < -0.3 is 15.8 Å². The Morgan fingerprint density at radius 3 is 2.29 bits per heavy atom. The van der Waals surface area contributed by atoms with Crippen LogP contribution in [-0.2, 0) is 4.74 Å². The van der Waals surface area contributed by atoms with Gasteiger partial charge in [-0.05, 0) is 32.9 Å². The molecule has 0 radical (unpaired) electrons. The molecule has 0 bridgehead atoms. The molecule has 0 unspecified atom stereocenters. The monoisotopic (exact) mass is 276 g/mol. The molecule has 96 valence electrons. The first kappa shape index (κ1) is 14.4. The van der Waals surface area contributed by atoms with Gasteiger partial charge in [-0.15, -0.1) is 0 Å². The van der Waals surface area contributed by atoms with Crippen LogP contribution in [0, 0.1) is 0 Å². The summed E-state index contributed by atoms with van der Waals surface area (Å²) in [5.74, 6) is 0. The Bertz CT molecular complexity index is 371. The summed E-state index contributed by atoms with van der Waals surface area (Å²) in [4.78, 5) is 0. The number of hydrogen-bond acceptors (Lipinski definition) is 3. The van der Waals surface area contributed by atoms with Gasteiger partial charge in [-0.25, -0.2) is 0 Å². The van der Waals surface area contributed by atoms with Crippen molar-refractivity contribution in [2.24, 2.45) is 0 Å². The summed E-state index contributed by atoms with van der Waals surface area (Å²) in [7, 11) is 0. The van der Waals surface area contributed by atoms with Crippen molar-refractivity contribution in [3.63, 3.8) is 0 Å². The first-order chi connectivity index (χ1) is 7.85. The molecule has 17 heavy (non-hydrogen) atoms. The molecule has 1 aromatic carbocycles. The lowest BCUT2D eigenvalue weighted by Crippen LogP contribution is -2.33. The van der Waals surface area contributed by atoms with Crippen LogP contribution < -0.4 is 11.1 Å². The summed E-state index contributed by atoms with van der Waals surface area (Å²) < 4.78 is 5.58. The number of rotatable bonds is 5. The van der Waals surface area contributed by atoms with Crippen LogP contribution in [0.5, 0.6) is 0 Å². The Labute approximate surface area is 112 Å². The van der Waals surface area contributed by atoms with Crippen molar-refractivity contribution in [1.29, 1.82) is 0 Å². The number of halogens is 2. The minimum absolute atomic E-state index is 0.275. The molecule has 0 aliphatic heterocycles. The molecule has 5 heteroatoms. The average Bonchev–Trinajstić information content (AvgIpc) is 2.15. The first-order valence-electron chi connectivity index (χ1n) is 5.48. The van der Waals surface area contributed by atoms with E-state index in [1.165, 1.54) is 0 Å². The molecule has 0 amide bonds. The highest BCUT2D eigenvalue weighted by molar-refractivity contribution is 6.39. The number of ether oxygens (including phenoxy) is 1. The topological polar surface area (TPSA) is 47.3 Å². The molecule has 0 fully saturated rings. The Morgan fingerprint density at radius 2 is 1.82 bits per heavy atom. The Kier molecular flexibility index (Phi) is 4.92. The number of hydrogen-bond donors (Lipinski definition) is 2. The van der Waals surface area contributed by atoms with Crippen LogP contribution >= 0.6 is 23.2 Å². The van der Waals surface area contributed by atoms with E-state index in [0.29, 0.717) is 34.6 Å². The quantitative estimate of drug-likeness (QED) is 0.805. The van der Waals surface area contributed by atoms with Gasteiger partial charge in [0.05, 0.1) is 21.3 Å². The highest BCUT2D eigenvalue weighted by Crippen LogP contribution is 2.33. The lowest BCUT2D eigenvalue weighted by Gasteiger charge is -2.26. The predicted molar refractivity (Wildman–Crippen MR) is 75.1 cm³/mol. The molecule has 0 aromatic heterocycles. The van der Waals surface area contributed by atoms with Gasteiger partial charge in [0.25, 0.3) is 0 Å². The molecule has 3 nitrogen and oxygen atoms in total. The minimum atomic E-state index is -0.275. The van der Waals surface area contributed by atoms with Gasteiger partial charge in [-0.3, -0.25) is 0 Å². The number of nitrogens with two attached hydrogens (primary N) is 1. The molecule has 0 heterocycles. The van der Waals surface area contributed by atoms with E-state index in [-0.39, 0.29) is 5.60 Å². The smallest absolute Gasteiger partial charge is 0.0797 e. The molecular formula is C12H18Cl2N2O. The maximum Gasteiger partial charge on any atom is 0.0797 e. The van der Waals surface area contributed by atoms with E-state index in [4.69, 9.17) is 33.7 Å². The third-order valence-electron chi connectivity index (χ3n) is 2.29. The zero-order valence-corrected chi connectivity index (χ0v) is 11.8. The van der Waals surface area contributed by atoms with Gasteiger partial charge in [-0.1, -0.05) is 23.2 Å². The fourth-order valence-electron chi connectivity index (χ4n) is 1.50. The van der Waals surface area contributed by atoms with E-state index in [1.807, 2.05) is 20.8 Å². The third kappa shape index (κ3) is 4.26. The van der Waals surface area contributed by atoms with E-state index in [2.05, 4.69) is 5.32 Å². The SMILES string of the molecule is CCOC(C)(C)CNc1c(Cl)cc(N)cc1Cl. The van der Waals surface area contributed by atoms with Gasteiger partial charge in [0, 0.05) is 18.8 Å². The summed E-state index contributed by atoms with van der Waals surface area (Å²) >= 11 is 12.1. The highest BCUT2D eigenvalue weighted by Gasteiger charge is 2.18. The van der Waals surface area contributed by atoms with E-state index in [1.54, 1.807) is 12.1 Å². The Balaban J connectivity index is 2.76. The van der Waals surface area contributed by atoms with Crippen molar-refractivity contribution in [2.75, 3.05) is 24.2 Å². The molecule has 0 atom stereocenters. The zero-order valence-electron chi connectivity index (χ0n) is 10.3. The van der Waals surface area contributed by atoms with Gasteiger partial charge in [0.15, 0.2) is 0 Å². The van der Waals surface area contributed by atoms with Crippen molar-refractivity contribution in [2.45, 2.75) is 26.4 Å². The second-order valence-corrected chi connectivity index (χ2v) is 5.22. The second kappa shape index (κ2) is 5.80. The van der Waals surface area contributed by atoms with Gasteiger partial charge >= 0.3 is 0 Å². The van der Waals surface area contributed by atoms with Crippen molar-refractivity contribution in [1.82, 2.24) is 0 Å². The molecule has 0 aliphatic carbocycles. The van der Waals surface area contributed by atoms with Crippen LogP contribution in [0.25, 0.3) is 0 Å². The summed E-state index contributed by atoms with van der Waals surface area (Å²) in [5, 5.41) is 4.22. The van der Waals surface area contributed by atoms with E-state index in [9.17, 15) is 0 Å². The van der Waals surface area contributed by atoms with Crippen molar-refractivity contribution in [3.05, 3.63) is 22.2 Å². The lowest BCUT2D eigenvalue weighted by atomic mass is 10.1. The molecule has 0 aliphatic rings. The van der Waals surface area contributed by atoms with Gasteiger partial charge in [0.2, 0.25) is 0 Å². The standard InChI is InChI=1S/C12H18Cl2N2O/c1-4-17-12(2,3)7-16-11-9(13)5-8(15)6-10(11)14/h5-6,16H,4,7,15H2,1-3H3. The van der Waals surface area contributed by atoms with Crippen LogP contribution in [0.15, 0.2) is 12.1 Å². The maximum absolute atomic E-state index is 6.07. The second-order valence-electron chi connectivity index (χ2n) is 4.41. The first-order valence-corrected chi connectivity index (χ1v) is 6.23. The number of anilines is 2. The molecular weight excluding hydrogens is 259 g/mol. The summed E-state index contributed by atoms with van der Waals surface area (Å²) in [5.41, 5.74) is 6.60. The Hall–Kier alpha value is -0.640. The van der Waals surface area contributed by atoms with Crippen LogP contribution in [0.3, 0.4) is 0 Å². The van der Waals surface area contributed by atoms with E-state index >= 15 is 0 Å². The van der Waals surface area contributed by atoms with Crippen molar-refractivity contribution >= 4 is 34.6 Å². The van der Waals surface area contributed by atoms with Crippen LogP contribution in [0.2, 0.25) is 10.0 Å². The number of nitrogen functional groups attached to an aromatic ring is 1.